The SMILES string of the molecule is CN(CC1CCCO1)C(=O)c1ccc(S(N)(=O)=O)cc1Cl. The molecule has 0 radical (unpaired) electrons. The second kappa shape index (κ2) is 6.31. The molecule has 1 amide bonds. The highest BCUT2D eigenvalue weighted by molar-refractivity contribution is 7.89. The molecule has 0 aliphatic carbocycles. The number of nitrogens with zero attached hydrogens (tertiary/aromatic N) is 1. The van der Waals surface area contributed by atoms with Gasteiger partial charge in [0.25, 0.3) is 5.91 Å². The third kappa shape index (κ3) is 3.94. The van der Waals surface area contributed by atoms with Gasteiger partial charge >= 0.3 is 0 Å². The summed E-state index contributed by atoms with van der Waals surface area (Å²) in [5, 5.41) is 5.08. The van der Waals surface area contributed by atoms with Gasteiger partial charge in [0.15, 0.2) is 0 Å². The number of primary sulfonamides is 1. The van der Waals surface area contributed by atoms with Crippen molar-refractivity contribution < 1.29 is 17.9 Å². The summed E-state index contributed by atoms with van der Waals surface area (Å²) >= 11 is 5.99. The van der Waals surface area contributed by atoms with Gasteiger partial charge in [0.1, 0.15) is 0 Å². The molecule has 0 bridgehead atoms. The van der Waals surface area contributed by atoms with E-state index in [9.17, 15) is 13.2 Å². The Hall–Kier alpha value is -1.15. The molecule has 1 fully saturated rings. The Morgan fingerprint density at radius 1 is 1.52 bits per heavy atom. The van der Waals surface area contributed by atoms with E-state index in [1.807, 2.05) is 0 Å². The average Bonchev–Trinajstić information content (AvgIpc) is 2.89. The molecule has 1 aliphatic rings. The molecule has 0 aromatic heterocycles. The lowest BCUT2D eigenvalue weighted by Crippen LogP contribution is -2.34. The van der Waals surface area contributed by atoms with Crippen molar-refractivity contribution in [2.75, 3.05) is 20.2 Å². The molecule has 1 saturated heterocycles. The minimum atomic E-state index is -3.84. The number of hydrogen-bond donors (Lipinski definition) is 1. The molecule has 1 heterocycles. The van der Waals surface area contributed by atoms with Gasteiger partial charge in [-0.3, -0.25) is 4.79 Å². The summed E-state index contributed by atoms with van der Waals surface area (Å²) in [5.74, 6) is -0.281. The van der Waals surface area contributed by atoms with E-state index < -0.39 is 10.0 Å². The first-order chi connectivity index (χ1) is 9.79. The Morgan fingerprint density at radius 2 is 2.24 bits per heavy atom. The topological polar surface area (TPSA) is 89.7 Å². The van der Waals surface area contributed by atoms with Crippen LogP contribution < -0.4 is 5.14 Å². The number of hydrogen-bond acceptors (Lipinski definition) is 4. The predicted molar refractivity (Wildman–Crippen MR) is 78.8 cm³/mol. The van der Waals surface area contributed by atoms with E-state index in [1.165, 1.54) is 23.1 Å². The van der Waals surface area contributed by atoms with Crippen LogP contribution in [0.3, 0.4) is 0 Å². The van der Waals surface area contributed by atoms with Gasteiger partial charge in [0, 0.05) is 20.2 Å². The molecule has 1 atom stereocenters. The number of amides is 1. The highest BCUT2D eigenvalue weighted by Gasteiger charge is 2.22. The normalized spacial score (nSPS) is 18.7. The van der Waals surface area contributed by atoms with Gasteiger partial charge < -0.3 is 9.64 Å². The molecule has 0 saturated carbocycles. The third-order valence-electron chi connectivity index (χ3n) is 3.35. The lowest BCUT2D eigenvalue weighted by molar-refractivity contribution is 0.0587. The highest BCUT2D eigenvalue weighted by Crippen LogP contribution is 2.22. The molecule has 116 valence electrons. The van der Waals surface area contributed by atoms with Crippen LogP contribution in [-0.2, 0) is 14.8 Å². The Balaban J connectivity index is 2.15. The molecular weight excluding hydrogens is 316 g/mol. The first kappa shape index (κ1) is 16.2. The van der Waals surface area contributed by atoms with E-state index in [-0.39, 0.29) is 27.5 Å². The van der Waals surface area contributed by atoms with Crippen LogP contribution in [-0.4, -0.2) is 45.5 Å². The highest BCUT2D eigenvalue weighted by atomic mass is 35.5. The molecule has 8 heteroatoms. The summed E-state index contributed by atoms with van der Waals surface area (Å²) in [6.07, 6.45) is 1.97. The Bertz CT molecular complexity index is 642. The van der Waals surface area contributed by atoms with Crippen LogP contribution in [0.1, 0.15) is 23.2 Å². The number of benzene rings is 1. The fourth-order valence-corrected chi connectivity index (χ4v) is 3.09. The van der Waals surface area contributed by atoms with Crippen LogP contribution in [0.2, 0.25) is 5.02 Å². The number of halogens is 1. The molecule has 1 aromatic carbocycles. The lowest BCUT2D eigenvalue weighted by Gasteiger charge is -2.21. The first-order valence-corrected chi connectivity index (χ1v) is 8.41. The maximum atomic E-state index is 12.3. The van der Waals surface area contributed by atoms with Gasteiger partial charge in [-0.05, 0) is 31.0 Å². The molecule has 1 unspecified atom stereocenters. The predicted octanol–water partition coefficient (Wildman–Crippen LogP) is 1.24. The number of carbonyl (C=O) groups excluding carboxylic acids is 1. The zero-order chi connectivity index (χ0) is 15.6. The maximum absolute atomic E-state index is 12.3. The number of nitrogens with two attached hydrogens (primary N) is 1. The fourth-order valence-electron chi connectivity index (χ4n) is 2.23. The summed E-state index contributed by atoms with van der Waals surface area (Å²) in [6.45, 7) is 1.20. The van der Waals surface area contributed by atoms with E-state index in [0.29, 0.717) is 6.54 Å². The summed E-state index contributed by atoms with van der Waals surface area (Å²) in [5.41, 5.74) is 0.240. The average molecular weight is 333 g/mol. The molecule has 0 spiro atoms. The van der Waals surface area contributed by atoms with Gasteiger partial charge in [-0.1, -0.05) is 11.6 Å². The van der Waals surface area contributed by atoms with Crippen LogP contribution in [0.4, 0.5) is 0 Å². The van der Waals surface area contributed by atoms with Gasteiger partial charge in [-0.2, -0.15) is 0 Å². The number of rotatable bonds is 4. The third-order valence-corrected chi connectivity index (χ3v) is 4.57. The zero-order valence-corrected chi connectivity index (χ0v) is 13.2. The minimum Gasteiger partial charge on any atom is -0.376 e. The summed E-state index contributed by atoms with van der Waals surface area (Å²) < 4.78 is 28.0. The standard InChI is InChI=1S/C13H17ClN2O4S/c1-16(8-9-3-2-6-20-9)13(17)11-5-4-10(7-12(11)14)21(15,18)19/h4-5,7,9H,2-3,6,8H2,1H3,(H2,15,18,19). The molecule has 21 heavy (non-hydrogen) atoms. The van der Waals surface area contributed by atoms with Crippen molar-refractivity contribution in [2.24, 2.45) is 5.14 Å². The van der Waals surface area contributed by atoms with E-state index >= 15 is 0 Å². The van der Waals surface area contributed by atoms with Crippen LogP contribution in [0.5, 0.6) is 0 Å². The van der Waals surface area contributed by atoms with Crippen molar-refractivity contribution in [3.8, 4) is 0 Å². The van der Waals surface area contributed by atoms with Gasteiger partial charge in [0.2, 0.25) is 10.0 Å². The quantitative estimate of drug-likeness (QED) is 0.898. The van der Waals surface area contributed by atoms with Crippen molar-refractivity contribution >= 4 is 27.5 Å². The van der Waals surface area contributed by atoms with Crippen LogP contribution >= 0.6 is 11.6 Å². The van der Waals surface area contributed by atoms with Crippen molar-refractivity contribution in [3.63, 3.8) is 0 Å². The molecule has 1 aromatic rings. The number of sulfonamides is 1. The van der Waals surface area contributed by atoms with E-state index in [2.05, 4.69) is 0 Å². The monoisotopic (exact) mass is 332 g/mol. The number of likely N-dealkylation sites (N-methyl/N-ethyl adjacent to an activating group) is 1. The van der Waals surface area contributed by atoms with Crippen molar-refractivity contribution in [1.82, 2.24) is 4.90 Å². The Morgan fingerprint density at radius 3 is 2.76 bits per heavy atom. The summed E-state index contributed by atoms with van der Waals surface area (Å²) in [6, 6.07) is 3.83. The lowest BCUT2D eigenvalue weighted by atomic mass is 10.2. The first-order valence-electron chi connectivity index (χ1n) is 6.48. The van der Waals surface area contributed by atoms with E-state index in [4.69, 9.17) is 21.5 Å². The number of ether oxygens (including phenoxy) is 1. The van der Waals surface area contributed by atoms with Gasteiger partial charge in [-0.15, -0.1) is 0 Å². The van der Waals surface area contributed by atoms with E-state index in [1.54, 1.807) is 7.05 Å². The van der Waals surface area contributed by atoms with Gasteiger partial charge in [-0.25, -0.2) is 13.6 Å². The smallest absolute Gasteiger partial charge is 0.255 e. The largest absolute Gasteiger partial charge is 0.376 e. The summed E-state index contributed by atoms with van der Waals surface area (Å²) in [4.78, 5) is 13.7. The van der Waals surface area contributed by atoms with Crippen molar-refractivity contribution in [3.05, 3.63) is 28.8 Å². The fraction of sp³-hybridized carbons (Fsp3) is 0.462. The minimum absolute atomic E-state index is 0.0430. The van der Waals surface area contributed by atoms with Crippen molar-refractivity contribution in [2.45, 2.75) is 23.8 Å². The van der Waals surface area contributed by atoms with Crippen LogP contribution in [0.25, 0.3) is 0 Å². The molecule has 2 N–H and O–H groups in total. The molecule has 1 aliphatic heterocycles. The Labute approximate surface area is 128 Å². The summed E-state index contributed by atoms with van der Waals surface area (Å²) in [7, 11) is -2.18. The second-order valence-electron chi connectivity index (χ2n) is 5.01. The van der Waals surface area contributed by atoms with E-state index in [0.717, 1.165) is 19.4 Å². The molecule has 6 nitrogen and oxygen atoms in total. The molecule has 2 rings (SSSR count). The number of carbonyl (C=O) groups is 1. The maximum Gasteiger partial charge on any atom is 0.255 e. The zero-order valence-electron chi connectivity index (χ0n) is 11.6. The molecular formula is C13H17ClN2O4S. The Kier molecular flexibility index (Phi) is 4.88. The van der Waals surface area contributed by atoms with Crippen LogP contribution in [0.15, 0.2) is 23.1 Å². The second-order valence-corrected chi connectivity index (χ2v) is 6.98. The van der Waals surface area contributed by atoms with Crippen molar-refractivity contribution in [1.29, 1.82) is 0 Å². The van der Waals surface area contributed by atoms with Crippen LogP contribution in [0, 0.1) is 0 Å². The van der Waals surface area contributed by atoms with Gasteiger partial charge in [0.05, 0.1) is 21.6 Å².